The molecule has 23 heavy (non-hydrogen) atoms. The van der Waals surface area contributed by atoms with Crippen LogP contribution in [0.2, 0.25) is 0 Å². The molecule has 0 unspecified atom stereocenters. The summed E-state index contributed by atoms with van der Waals surface area (Å²) >= 11 is 0. The van der Waals surface area contributed by atoms with Gasteiger partial charge in [0, 0.05) is 30.6 Å². The SMILES string of the molecule is Cc1nn(C)cc1-c1ccn(-c2ccc(-c3ccco3)cc2)n1. The molecule has 4 aromatic rings. The first-order chi connectivity index (χ1) is 11.2. The van der Waals surface area contributed by atoms with Crippen LogP contribution in [-0.2, 0) is 7.05 Å². The number of furan rings is 1. The van der Waals surface area contributed by atoms with Gasteiger partial charge in [-0.05, 0) is 49.4 Å². The number of nitrogens with zero attached hydrogens (tertiary/aromatic N) is 4. The molecule has 0 aliphatic carbocycles. The van der Waals surface area contributed by atoms with Crippen LogP contribution in [0.5, 0.6) is 0 Å². The third-order valence-corrected chi connectivity index (χ3v) is 3.82. The van der Waals surface area contributed by atoms with Gasteiger partial charge in [-0.3, -0.25) is 4.68 Å². The van der Waals surface area contributed by atoms with Crippen molar-refractivity contribution in [3.8, 4) is 28.3 Å². The Hall–Kier alpha value is -3.08. The third-order valence-electron chi connectivity index (χ3n) is 3.82. The third kappa shape index (κ3) is 2.46. The van der Waals surface area contributed by atoms with E-state index < -0.39 is 0 Å². The van der Waals surface area contributed by atoms with E-state index in [-0.39, 0.29) is 0 Å². The zero-order valence-electron chi connectivity index (χ0n) is 13.0. The highest BCUT2D eigenvalue weighted by Gasteiger charge is 2.10. The zero-order chi connectivity index (χ0) is 15.8. The minimum Gasteiger partial charge on any atom is -0.464 e. The second-order valence-corrected chi connectivity index (χ2v) is 5.47. The van der Waals surface area contributed by atoms with Crippen molar-refractivity contribution in [2.45, 2.75) is 6.92 Å². The molecule has 1 aromatic carbocycles. The molecule has 4 rings (SSSR count). The lowest BCUT2D eigenvalue weighted by atomic mass is 10.1. The van der Waals surface area contributed by atoms with Crippen molar-refractivity contribution in [2.75, 3.05) is 0 Å². The lowest BCUT2D eigenvalue weighted by Crippen LogP contribution is -1.94. The minimum absolute atomic E-state index is 0.865. The summed E-state index contributed by atoms with van der Waals surface area (Å²) < 4.78 is 9.09. The predicted octanol–water partition coefficient (Wildman–Crippen LogP) is 3.84. The molecular formula is C18H16N4O. The maximum atomic E-state index is 5.41. The van der Waals surface area contributed by atoms with E-state index in [1.807, 2.05) is 78.2 Å². The monoisotopic (exact) mass is 304 g/mol. The topological polar surface area (TPSA) is 48.8 Å². The molecule has 0 atom stereocenters. The number of benzene rings is 1. The fourth-order valence-electron chi connectivity index (χ4n) is 2.68. The molecule has 0 spiro atoms. The van der Waals surface area contributed by atoms with Crippen molar-refractivity contribution in [1.82, 2.24) is 19.6 Å². The van der Waals surface area contributed by atoms with Gasteiger partial charge >= 0.3 is 0 Å². The Balaban J connectivity index is 1.65. The van der Waals surface area contributed by atoms with Gasteiger partial charge in [0.15, 0.2) is 0 Å². The van der Waals surface area contributed by atoms with Crippen molar-refractivity contribution in [2.24, 2.45) is 7.05 Å². The average Bonchev–Trinajstić information content (AvgIpc) is 3.28. The molecule has 0 aliphatic heterocycles. The first-order valence-electron chi connectivity index (χ1n) is 7.41. The molecule has 0 fully saturated rings. The van der Waals surface area contributed by atoms with Gasteiger partial charge in [0.05, 0.1) is 23.3 Å². The predicted molar refractivity (Wildman–Crippen MR) is 88.2 cm³/mol. The van der Waals surface area contributed by atoms with E-state index in [2.05, 4.69) is 10.2 Å². The summed E-state index contributed by atoms with van der Waals surface area (Å²) in [5, 5.41) is 9.02. The van der Waals surface area contributed by atoms with Gasteiger partial charge in [-0.1, -0.05) is 0 Å². The first kappa shape index (κ1) is 13.6. The molecule has 3 heterocycles. The van der Waals surface area contributed by atoms with Crippen LogP contribution in [0.1, 0.15) is 5.69 Å². The second-order valence-electron chi connectivity index (χ2n) is 5.47. The van der Waals surface area contributed by atoms with Crippen LogP contribution in [-0.4, -0.2) is 19.6 Å². The smallest absolute Gasteiger partial charge is 0.133 e. The first-order valence-corrected chi connectivity index (χ1v) is 7.41. The highest BCUT2D eigenvalue weighted by Crippen LogP contribution is 2.23. The van der Waals surface area contributed by atoms with Gasteiger partial charge in [-0.25, -0.2) is 4.68 Å². The minimum atomic E-state index is 0.865. The molecule has 5 nitrogen and oxygen atoms in total. The fraction of sp³-hybridized carbons (Fsp3) is 0.111. The standard InChI is InChI=1S/C18H16N4O/c1-13-16(12-21(2)19-13)17-9-10-22(20-17)15-7-5-14(6-8-15)18-4-3-11-23-18/h3-12H,1-2H3. The lowest BCUT2D eigenvalue weighted by Gasteiger charge is -2.02. The van der Waals surface area contributed by atoms with E-state index in [1.165, 1.54) is 0 Å². The van der Waals surface area contributed by atoms with Crippen LogP contribution in [0.4, 0.5) is 0 Å². The van der Waals surface area contributed by atoms with Crippen LogP contribution < -0.4 is 0 Å². The quantitative estimate of drug-likeness (QED) is 0.578. The van der Waals surface area contributed by atoms with Crippen LogP contribution in [0, 0.1) is 6.92 Å². The molecule has 0 saturated carbocycles. The van der Waals surface area contributed by atoms with E-state index in [9.17, 15) is 0 Å². The van der Waals surface area contributed by atoms with E-state index in [1.54, 1.807) is 6.26 Å². The lowest BCUT2D eigenvalue weighted by molar-refractivity contribution is 0.582. The highest BCUT2D eigenvalue weighted by atomic mass is 16.3. The highest BCUT2D eigenvalue weighted by molar-refractivity contribution is 5.62. The van der Waals surface area contributed by atoms with Crippen LogP contribution in [0.25, 0.3) is 28.3 Å². The summed E-state index contributed by atoms with van der Waals surface area (Å²) in [5.41, 5.74) is 5.01. The Morgan fingerprint density at radius 1 is 1.00 bits per heavy atom. The molecule has 0 bridgehead atoms. The number of hydrogen-bond acceptors (Lipinski definition) is 3. The van der Waals surface area contributed by atoms with Crippen molar-refractivity contribution in [1.29, 1.82) is 0 Å². The zero-order valence-corrected chi connectivity index (χ0v) is 13.0. The Morgan fingerprint density at radius 3 is 2.48 bits per heavy atom. The summed E-state index contributed by atoms with van der Waals surface area (Å²) in [6, 6.07) is 14.0. The van der Waals surface area contributed by atoms with Crippen LogP contribution >= 0.6 is 0 Å². The molecular weight excluding hydrogens is 288 g/mol. The summed E-state index contributed by atoms with van der Waals surface area (Å²) in [7, 11) is 1.92. The van der Waals surface area contributed by atoms with E-state index in [4.69, 9.17) is 4.42 Å². The normalized spacial score (nSPS) is 11.0. The Labute approximate surface area is 133 Å². The Bertz CT molecular complexity index is 930. The number of hydrogen-bond donors (Lipinski definition) is 0. The summed E-state index contributed by atoms with van der Waals surface area (Å²) in [6.45, 7) is 1.99. The van der Waals surface area contributed by atoms with Crippen molar-refractivity contribution < 1.29 is 4.42 Å². The fourth-order valence-corrected chi connectivity index (χ4v) is 2.68. The Kier molecular flexibility index (Phi) is 3.12. The van der Waals surface area contributed by atoms with E-state index in [0.717, 1.165) is 34.0 Å². The van der Waals surface area contributed by atoms with Gasteiger partial charge < -0.3 is 4.42 Å². The average molecular weight is 304 g/mol. The Morgan fingerprint density at radius 2 is 1.83 bits per heavy atom. The maximum Gasteiger partial charge on any atom is 0.133 e. The molecule has 5 heteroatoms. The van der Waals surface area contributed by atoms with Crippen LogP contribution in [0.3, 0.4) is 0 Å². The van der Waals surface area contributed by atoms with E-state index >= 15 is 0 Å². The summed E-state index contributed by atoms with van der Waals surface area (Å²) in [6.07, 6.45) is 5.63. The largest absolute Gasteiger partial charge is 0.464 e. The molecule has 0 aliphatic rings. The number of aryl methyl sites for hydroxylation is 2. The summed E-state index contributed by atoms with van der Waals surface area (Å²) in [4.78, 5) is 0. The second kappa shape index (κ2) is 5.28. The molecule has 0 radical (unpaired) electrons. The number of rotatable bonds is 3. The molecule has 0 saturated heterocycles. The summed E-state index contributed by atoms with van der Waals surface area (Å²) in [5.74, 6) is 0.865. The molecule has 0 N–H and O–H groups in total. The van der Waals surface area contributed by atoms with Gasteiger partial charge in [0.1, 0.15) is 5.76 Å². The van der Waals surface area contributed by atoms with Gasteiger partial charge in [0.25, 0.3) is 0 Å². The van der Waals surface area contributed by atoms with Gasteiger partial charge in [-0.15, -0.1) is 0 Å². The molecule has 3 aromatic heterocycles. The number of aromatic nitrogens is 4. The van der Waals surface area contributed by atoms with Crippen molar-refractivity contribution in [3.05, 3.63) is 66.8 Å². The molecule has 114 valence electrons. The van der Waals surface area contributed by atoms with Crippen molar-refractivity contribution >= 4 is 0 Å². The molecule has 0 amide bonds. The van der Waals surface area contributed by atoms with Gasteiger partial charge in [0.2, 0.25) is 0 Å². The maximum absolute atomic E-state index is 5.41. The van der Waals surface area contributed by atoms with Gasteiger partial charge in [-0.2, -0.15) is 10.2 Å². The van der Waals surface area contributed by atoms with E-state index in [0.29, 0.717) is 0 Å². The van der Waals surface area contributed by atoms with Crippen molar-refractivity contribution in [3.63, 3.8) is 0 Å². The van der Waals surface area contributed by atoms with Crippen LogP contribution in [0.15, 0.2) is 65.5 Å².